The fourth-order valence-corrected chi connectivity index (χ4v) is 2.45. The molecule has 17 heavy (non-hydrogen) atoms. The fraction of sp³-hybridized carbons (Fsp3) is 0.154. The summed E-state index contributed by atoms with van der Waals surface area (Å²) in [4.78, 5) is 12.5. The van der Waals surface area contributed by atoms with E-state index in [4.69, 9.17) is 5.73 Å². The average Bonchev–Trinajstić information content (AvgIpc) is 2.62. The number of thiophene rings is 1. The molecule has 3 nitrogen and oxygen atoms in total. The molecule has 88 valence electrons. The van der Waals surface area contributed by atoms with E-state index in [9.17, 15) is 4.79 Å². The second-order valence-electron chi connectivity index (χ2n) is 4.04. The highest BCUT2D eigenvalue weighted by Gasteiger charge is 2.11. The van der Waals surface area contributed by atoms with Gasteiger partial charge in [-0.1, -0.05) is 6.07 Å². The van der Waals surface area contributed by atoms with Crippen molar-refractivity contribution in [1.29, 1.82) is 0 Å². The van der Waals surface area contributed by atoms with Crippen molar-refractivity contribution in [2.45, 2.75) is 13.8 Å². The number of hydrogen-bond acceptors (Lipinski definition) is 3. The Morgan fingerprint density at radius 3 is 2.41 bits per heavy atom. The first-order chi connectivity index (χ1) is 8.06. The minimum Gasteiger partial charge on any atom is -0.397 e. The number of carbonyl (C=O) groups is 1. The van der Waals surface area contributed by atoms with Crippen LogP contribution in [0.5, 0.6) is 0 Å². The van der Waals surface area contributed by atoms with Crippen molar-refractivity contribution in [2.75, 3.05) is 11.1 Å². The van der Waals surface area contributed by atoms with E-state index in [1.54, 1.807) is 6.07 Å². The van der Waals surface area contributed by atoms with Gasteiger partial charge in [-0.25, -0.2) is 0 Å². The van der Waals surface area contributed by atoms with Gasteiger partial charge < -0.3 is 11.1 Å². The Labute approximate surface area is 104 Å². The van der Waals surface area contributed by atoms with Crippen molar-refractivity contribution >= 4 is 28.6 Å². The van der Waals surface area contributed by atoms with Crippen LogP contribution in [0.3, 0.4) is 0 Å². The van der Waals surface area contributed by atoms with Gasteiger partial charge in [-0.2, -0.15) is 0 Å². The SMILES string of the molecule is Cc1cc(C)cc(NC(=O)c2sccc2N)c1. The second kappa shape index (κ2) is 4.59. The number of nitrogens with one attached hydrogen (secondary N) is 1. The molecule has 1 heterocycles. The Kier molecular flexibility index (Phi) is 3.15. The third-order valence-corrected chi connectivity index (χ3v) is 3.31. The number of carbonyl (C=O) groups excluding carboxylic acids is 1. The van der Waals surface area contributed by atoms with E-state index in [-0.39, 0.29) is 5.91 Å². The third-order valence-electron chi connectivity index (χ3n) is 2.38. The van der Waals surface area contributed by atoms with Crippen LogP contribution in [0.2, 0.25) is 0 Å². The zero-order valence-electron chi connectivity index (χ0n) is 9.78. The summed E-state index contributed by atoms with van der Waals surface area (Å²) in [6.07, 6.45) is 0. The minimum atomic E-state index is -0.150. The van der Waals surface area contributed by atoms with E-state index in [2.05, 4.69) is 11.4 Å². The zero-order valence-corrected chi connectivity index (χ0v) is 10.6. The largest absolute Gasteiger partial charge is 0.397 e. The predicted molar refractivity (Wildman–Crippen MR) is 72.6 cm³/mol. The molecule has 3 N–H and O–H groups in total. The molecule has 0 radical (unpaired) electrons. The molecule has 0 unspecified atom stereocenters. The summed E-state index contributed by atoms with van der Waals surface area (Å²) >= 11 is 1.35. The van der Waals surface area contributed by atoms with Crippen molar-refractivity contribution < 1.29 is 4.79 Å². The topological polar surface area (TPSA) is 55.1 Å². The van der Waals surface area contributed by atoms with Gasteiger partial charge in [0, 0.05) is 5.69 Å². The smallest absolute Gasteiger partial charge is 0.267 e. The molecular formula is C13H14N2OS. The highest BCUT2D eigenvalue weighted by molar-refractivity contribution is 7.12. The van der Waals surface area contributed by atoms with Gasteiger partial charge in [0.2, 0.25) is 0 Å². The summed E-state index contributed by atoms with van der Waals surface area (Å²) in [7, 11) is 0. The fourth-order valence-electron chi connectivity index (χ4n) is 1.74. The number of nitrogen functional groups attached to an aromatic ring is 1. The van der Waals surface area contributed by atoms with E-state index >= 15 is 0 Å². The van der Waals surface area contributed by atoms with Gasteiger partial charge in [0.25, 0.3) is 5.91 Å². The molecule has 0 aliphatic heterocycles. The van der Waals surface area contributed by atoms with Crippen molar-refractivity contribution in [3.05, 3.63) is 45.6 Å². The average molecular weight is 246 g/mol. The summed E-state index contributed by atoms with van der Waals surface area (Å²) in [5.74, 6) is -0.150. The first-order valence-corrected chi connectivity index (χ1v) is 6.17. The number of nitrogens with two attached hydrogens (primary N) is 1. The van der Waals surface area contributed by atoms with Crippen molar-refractivity contribution in [3.8, 4) is 0 Å². The maximum Gasteiger partial charge on any atom is 0.267 e. The van der Waals surface area contributed by atoms with Crippen LogP contribution >= 0.6 is 11.3 Å². The molecule has 0 saturated carbocycles. The van der Waals surface area contributed by atoms with E-state index in [0.717, 1.165) is 16.8 Å². The molecule has 0 bridgehead atoms. The molecule has 0 fully saturated rings. The molecule has 1 amide bonds. The van der Waals surface area contributed by atoms with E-state index in [0.29, 0.717) is 10.6 Å². The van der Waals surface area contributed by atoms with Crippen LogP contribution in [-0.4, -0.2) is 5.91 Å². The number of aryl methyl sites for hydroxylation is 2. The van der Waals surface area contributed by atoms with Gasteiger partial charge in [-0.3, -0.25) is 4.79 Å². The van der Waals surface area contributed by atoms with Crippen LogP contribution in [0.4, 0.5) is 11.4 Å². The number of hydrogen-bond donors (Lipinski definition) is 2. The maximum atomic E-state index is 11.9. The molecule has 0 aliphatic rings. The lowest BCUT2D eigenvalue weighted by molar-refractivity contribution is 0.103. The highest BCUT2D eigenvalue weighted by Crippen LogP contribution is 2.21. The van der Waals surface area contributed by atoms with E-state index in [1.807, 2.05) is 31.4 Å². The minimum absolute atomic E-state index is 0.150. The van der Waals surface area contributed by atoms with Gasteiger partial charge in [0.15, 0.2) is 0 Å². The van der Waals surface area contributed by atoms with Crippen molar-refractivity contribution in [2.24, 2.45) is 0 Å². The predicted octanol–water partition coefficient (Wildman–Crippen LogP) is 3.20. The monoisotopic (exact) mass is 246 g/mol. The third kappa shape index (κ3) is 2.65. The maximum absolute atomic E-state index is 11.9. The quantitative estimate of drug-likeness (QED) is 0.855. The van der Waals surface area contributed by atoms with Crippen LogP contribution in [0.15, 0.2) is 29.6 Å². The Morgan fingerprint density at radius 2 is 1.88 bits per heavy atom. The lowest BCUT2D eigenvalue weighted by Crippen LogP contribution is -2.12. The van der Waals surface area contributed by atoms with Crippen molar-refractivity contribution in [3.63, 3.8) is 0 Å². The van der Waals surface area contributed by atoms with Gasteiger partial charge in [-0.05, 0) is 48.6 Å². The van der Waals surface area contributed by atoms with E-state index < -0.39 is 0 Å². The Morgan fingerprint density at radius 1 is 1.24 bits per heavy atom. The van der Waals surface area contributed by atoms with Crippen LogP contribution in [0.25, 0.3) is 0 Å². The Bertz CT molecular complexity index is 540. The first-order valence-electron chi connectivity index (χ1n) is 5.29. The van der Waals surface area contributed by atoms with Crippen LogP contribution in [0, 0.1) is 13.8 Å². The second-order valence-corrected chi connectivity index (χ2v) is 4.95. The highest BCUT2D eigenvalue weighted by atomic mass is 32.1. The van der Waals surface area contributed by atoms with Crippen LogP contribution in [0.1, 0.15) is 20.8 Å². The summed E-state index contributed by atoms with van der Waals surface area (Å²) in [5, 5.41) is 4.67. The molecule has 0 aliphatic carbocycles. The van der Waals surface area contributed by atoms with Crippen LogP contribution in [-0.2, 0) is 0 Å². The zero-order chi connectivity index (χ0) is 12.4. The molecule has 0 spiro atoms. The molecule has 4 heteroatoms. The van der Waals surface area contributed by atoms with Gasteiger partial charge in [-0.15, -0.1) is 11.3 Å². The summed E-state index contributed by atoms with van der Waals surface area (Å²) in [6.45, 7) is 4.00. The Balaban J connectivity index is 2.21. The molecule has 2 aromatic rings. The Hall–Kier alpha value is -1.81. The molecule has 1 aromatic carbocycles. The number of benzene rings is 1. The first kappa shape index (κ1) is 11.7. The normalized spacial score (nSPS) is 10.2. The van der Waals surface area contributed by atoms with Gasteiger partial charge >= 0.3 is 0 Å². The van der Waals surface area contributed by atoms with Crippen LogP contribution < -0.4 is 11.1 Å². The lowest BCUT2D eigenvalue weighted by Gasteiger charge is -2.06. The summed E-state index contributed by atoms with van der Waals surface area (Å²) in [5.41, 5.74) is 9.28. The molecule has 0 atom stereocenters. The molecule has 0 saturated heterocycles. The van der Waals surface area contributed by atoms with Crippen molar-refractivity contribution in [1.82, 2.24) is 0 Å². The molecule has 1 aromatic heterocycles. The summed E-state index contributed by atoms with van der Waals surface area (Å²) < 4.78 is 0. The number of amides is 1. The standard InChI is InChI=1S/C13H14N2OS/c1-8-5-9(2)7-10(6-8)15-13(16)12-11(14)3-4-17-12/h3-7H,14H2,1-2H3,(H,15,16). The van der Waals surface area contributed by atoms with E-state index in [1.165, 1.54) is 11.3 Å². The number of anilines is 2. The molecule has 2 rings (SSSR count). The number of rotatable bonds is 2. The lowest BCUT2D eigenvalue weighted by atomic mass is 10.1. The molecular weight excluding hydrogens is 232 g/mol. The van der Waals surface area contributed by atoms with Gasteiger partial charge in [0.1, 0.15) is 4.88 Å². The van der Waals surface area contributed by atoms with Gasteiger partial charge in [0.05, 0.1) is 5.69 Å². The summed E-state index contributed by atoms with van der Waals surface area (Å²) in [6, 6.07) is 7.68.